The van der Waals surface area contributed by atoms with Crippen molar-refractivity contribution in [1.29, 1.82) is 0 Å². The fourth-order valence-electron chi connectivity index (χ4n) is 4.37. The summed E-state index contributed by atoms with van der Waals surface area (Å²) in [6.45, 7) is 9.37. The van der Waals surface area contributed by atoms with Crippen LogP contribution < -0.4 is 10.6 Å². The molecule has 1 aliphatic carbocycles. The minimum absolute atomic E-state index is 0.295. The lowest BCUT2D eigenvalue weighted by Crippen LogP contribution is -2.51. The number of nitrogens with two attached hydrogens (primary N) is 1. The second kappa shape index (κ2) is 5.64. The summed E-state index contributed by atoms with van der Waals surface area (Å²) in [7, 11) is 0. The van der Waals surface area contributed by atoms with Gasteiger partial charge in [0.25, 0.3) is 0 Å². The molecule has 0 bridgehead atoms. The molecule has 2 heteroatoms. The Balaban J connectivity index is 1.79. The Bertz CT molecular complexity index is 494. The first kappa shape index (κ1) is 14.9. The molecule has 2 N–H and O–H groups in total. The lowest BCUT2D eigenvalue weighted by Gasteiger charge is -2.45. The summed E-state index contributed by atoms with van der Waals surface area (Å²) < 4.78 is 0. The molecule has 3 rings (SSSR count). The maximum Gasteiger partial charge on any atom is 0.0399 e. The van der Waals surface area contributed by atoms with Crippen molar-refractivity contribution in [2.24, 2.45) is 23.0 Å². The normalized spacial score (nSPS) is 31.8. The van der Waals surface area contributed by atoms with Crippen LogP contribution in [0.3, 0.4) is 0 Å². The lowest BCUT2D eigenvalue weighted by atomic mass is 9.68. The average Bonchev–Trinajstić information content (AvgIpc) is 2.43. The molecule has 1 saturated carbocycles. The first-order valence-electron chi connectivity index (χ1n) is 8.56. The van der Waals surface area contributed by atoms with Gasteiger partial charge in [-0.3, -0.25) is 0 Å². The molecule has 2 aliphatic rings. The molecule has 1 aliphatic heterocycles. The van der Waals surface area contributed by atoms with Gasteiger partial charge < -0.3 is 10.6 Å². The quantitative estimate of drug-likeness (QED) is 0.895. The van der Waals surface area contributed by atoms with Gasteiger partial charge in [-0.05, 0) is 48.1 Å². The molecule has 3 unspecified atom stereocenters. The Morgan fingerprint density at radius 2 is 2.05 bits per heavy atom. The van der Waals surface area contributed by atoms with E-state index in [-0.39, 0.29) is 0 Å². The van der Waals surface area contributed by atoms with Crippen molar-refractivity contribution < 1.29 is 0 Å². The molecule has 1 fully saturated rings. The Labute approximate surface area is 129 Å². The zero-order valence-corrected chi connectivity index (χ0v) is 13.8. The lowest BCUT2D eigenvalue weighted by molar-refractivity contribution is 0.141. The first-order chi connectivity index (χ1) is 9.97. The molecule has 1 aromatic carbocycles. The van der Waals surface area contributed by atoms with Gasteiger partial charge in [-0.15, -0.1) is 0 Å². The summed E-state index contributed by atoms with van der Waals surface area (Å²) in [5.74, 6) is 1.37. The van der Waals surface area contributed by atoms with Crippen LogP contribution >= 0.6 is 0 Å². The standard InChI is InChI=1S/C19H30N2/c1-14-11-15-7-4-5-9-17(15)21(12-14)13-16-8-6-10-19(2,3)18(16)20/h4-5,7,9,14,16,18H,6,8,10-13,20H2,1-3H3. The highest BCUT2D eigenvalue weighted by molar-refractivity contribution is 5.55. The van der Waals surface area contributed by atoms with E-state index in [2.05, 4.69) is 49.9 Å². The van der Waals surface area contributed by atoms with Gasteiger partial charge in [0.15, 0.2) is 0 Å². The number of fused-ring (bicyclic) bond motifs is 1. The third-order valence-electron chi connectivity index (χ3n) is 5.69. The highest BCUT2D eigenvalue weighted by Crippen LogP contribution is 2.39. The van der Waals surface area contributed by atoms with E-state index in [1.807, 2.05) is 0 Å². The molecule has 3 atom stereocenters. The predicted octanol–water partition coefficient (Wildman–Crippen LogP) is 3.84. The van der Waals surface area contributed by atoms with Crippen molar-refractivity contribution >= 4 is 5.69 Å². The molecule has 2 nitrogen and oxygen atoms in total. The van der Waals surface area contributed by atoms with Crippen LogP contribution in [-0.2, 0) is 6.42 Å². The van der Waals surface area contributed by atoms with Gasteiger partial charge in [0, 0.05) is 24.8 Å². The maximum atomic E-state index is 6.60. The highest BCUT2D eigenvalue weighted by Gasteiger charge is 2.37. The molecular formula is C19H30N2. The Hall–Kier alpha value is -1.02. The molecule has 1 heterocycles. The second-order valence-corrected chi connectivity index (χ2v) is 8.01. The fraction of sp³-hybridized carbons (Fsp3) is 0.684. The van der Waals surface area contributed by atoms with Gasteiger partial charge in [-0.1, -0.05) is 45.4 Å². The third kappa shape index (κ3) is 2.96. The predicted molar refractivity (Wildman–Crippen MR) is 90.6 cm³/mol. The average molecular weight is 286 g/mol. The summed E-state index contributed by atoms with van der Waals surface area (Å²) in [5.41, 5.74) is 9.86. The number of para-hydroxylation sites is 1. The van der Waals surface area contributed by atoms with Gasteiger partial charge >= 0.3 is 0 Å². The van der Waals surface area contributed by atoms with Crippen LogP contribution in [0.4, 0.5) is 5.69 Å². The Kier molecular flexibility index (Phi) is 4.00. The number of hydrogen-bond acceptors (Lipinski definition) is 2. The highest BCUT2D eigenvalue weighted by atomic mass is 15.1. The van der Waals surface area contributed by atoms with Gasteiger partial charge in [0.1, 0.15) is 0 Å². The zero-order valence-electron chi connectivity index (χ0n) is 13.8. The van der Waals surface area contributed by atoms with Crippen LogP contribution in [0.15, 0.2) is 24.3 Å². The Morgan fingerprint density at radius 1 is 1.29 bits per heavy atom. The van der Waals surface area contributed by atoms with Crippen molar-refractivity contribution in [3.63, 3.8) is 0 Å². The molecule has 0 saturated heterocycles. The van der Waals surface area contributed by atoms with Crippen molar-refractivity contribution in [3.05, 3.63) is 29.8 Å². The molecular weight excluding hydrogens is 256 g/mol. The van der Waals surface area contributed by atoms with Crippen molar-refractivity contribution in [2.75, 3.05) is 18.0 Å². The van der Waals surface area contributed by atoms with Crippen LogP contribution in [0.1, 0.15) is 45.6 Å². The van der Waals surface area contributed by atoms with Crippen molar-refractivity contribution in [2.45, 2.75) is 52.5 Å². The summed E-state index contributed by atoms with van der Waals surface area (Å²) >= 11 is 0. The second-order valence-electron chi connectivity index (χ2n) is 8.01. The largest absolute Gasteiger partial charge is 0.371 e. The summed E-state index contributed by atoms with van der Waals surface area (Å²) in [6.07, 6.45) is 5.11. The summed E-state index contributed by atoms with van der Waals surface area (Å²) in [4.78, 5) is 2.61. The van der Waals surface area contributed by atoms with Crippen molar-refractivity contribution in [1.82, 2.24) is 0 Å². The van der Waals surface area contributed by atoms with E-state index in [4.69, 9.17) is 5.73 Å². The fourth-order valence-corrected chi connectivity index (χ4v) is 4.37. The molecule has 0 spiro atoms. The van der Waals surface area contributed by atoms with Crippen LogP contribution in [-0.4, -0.2) is 19.1 Å². The van der Waals surface area contributed by atoms with Gasteiger partial charge in [0.05, 0.1) is 0 Å². The molecule has 0 aromatic heterocycles. The SMILES string of the molecule is CC1Cc2ccccc2N(CC2CCCC(C)(C)C2N)C1. The monoisotopic (exact) mass is 286 g/mol. The van der Waals surface area contributed by atoms with E-state index in [1.54, 1.807) is 0 Å². The van der Waals surface area contributed by atoms with Crippen LogP contribution in [0, 0.1) is 17.3 Å². The van der Waals surface area contributed by atoms with E-state index in [0.29, 0.717) is 17.4 Å². The van der Waals surface area contributed by atoms with Gasteiger partial charge in [0.2, 0.25) is 0 Å². The minimum Gasteiger partial charge on any atom is -0.371 e. The number of anilines is 1. The van der Waals surface area contributed by atoms with Crippen molar-refractivity contribution in [3.8, 4) is 0 Å². The van der Waals surface area contributed by atoms with Crippen LogP contribution in [0.5, 0.6) is 0 Å². The van der Waals surface area contributed by atoms with E-state index in [9.17, 15) is 0 Å². The van der Waals surface area contributed by atoms with E-state index in [1.165, 1.54) is 43.5 Å². The van der Waals surface area contributed by atoms with E-state index in [0.717, 1.165) is 12.5 Å². The Morgan fingerprint density at radius 3 is 2.86 bits per heavy atom. The van der Waals surface area contributed by atoms with Crippen LogP contribution in [0.2, 0.25) is 0 Å². The smallest absolute Gasteiger partial charge is 0.0399 e. The number of nitrogens with zero attached hydrogens (tertiary/aromatic N) is 1. The minimum atomic E-state index is 0.295. The molecule has 116 valence electrons. The first-order valence-corrected chi connectivity index (χ1v) is 8.56. The molecule has 21 heavy (non-hydrogen) atoms. The summed E-state index contributed by atoms with van der Waals surface area (Å²) in [5, 5.41) is 0. The van der Waals surface area contributed by atoms with E-state index >= 15 is 0 Å². The molecule has 0 radical (unpaired) electrons. The number of rotatable bonds is 2. The third-order valence-corrected chi connectivity index (χ3v) is 5.69. The number of hydrogen-bond donors (Lipinski definition) is 1. The summed E-state index contributed by atoms with van der Waals surface area (Å²) in [6, 6.07) is 9.26. The van der Waals surface area contributed by atoms with Crippen LogP contribution in [0.25, 0.3) is 0 Å². The van der Waals surface area contributed by atoms with Gasteiger partial charge in [-0.2, -0.15) is 0 Å². The topological polar surface area (TPSA) is 29.3 Å². The van der Waals surface area contributed by atoms with Gasteiger partial charge in [-0.25, -0.2) is 0 Å². The number of benzene rings is 1. The van der Waals surface area contributed by atoms with E-state index < -0.39 is 0 Å². The zero-order chi connectivity index (χ0) is 15.0. The molecule has 1 aromatic rings. The molecule has 0 amide bonds. The maximum absolute atomic E-state index is 6.60.